The van der Waals surface area contributed by atoms with Gasteiger partial charge in [0.1, 0.15) is 0 Å². The molecule has 154 valence electrons. The Balaban J connectivity index is 1.57. The molecule has 2 heterocycles. The molecule has 0 unspecified atom stereocenters. The first-order valence-electron chi connectivity index (χ1n) is 10.5. The number of carbonyl (C=O) groups excluding carboxylic acids is 2. The molecule has 6 nitrogen and oxygen atoms in total. The maximum atomic E-state index is 13.1. The van der Waals surface area contributed by atoms with Crippen molar-refractivity contribution in [1.29, 1.82) is 0 Å². The van der Waals surface area contributed by atoms with Crippen LogP contribution in [-0.4, -0.2) is 60.1 Å². The Morgan fingerprint density at radius 1 is 1.14 bits per heavy atom. The van der Waals surface area contributed by atoms with Crippen molar-refractivity contribution < 1.29 is 14.3 Å². The Morgan fingerprint density at radius 3 is 2.46 bits per heavy atom. The molecule has 2 amide bonds. The smallest absolute Gasteiger partial charge is 0.409 e. The van der Waals surface area contributed by atoms with E-state index in [1.807, 2.05) is 6.92 Å². The van der Waals surface area contributed by atoms with Gasteiger partial charge in [-0.05, 0) is 43.2 Å². The number of nitrogens with one attached hydrogen (secondary N) is 1. The first-order valence-corrected chi connectivity index (χ1v) is 10.5. The van der Waals surface area contributed by atoms with Gasteiger partial charge in [0.25, 0.3) is 0 Å². The average Bonchev–Trinajstić information content (AvgIpc) is 2.68. The Hall–Kier alpha value is -2.08. The summed E-state index contributed by atoms with van der Waals surface area (Å²) < 4.78 is 5.07. The van der Waals surface area contributed by atoms with Crippen LogP contribution in [0.5, 0.6) is 0 Å². The van der Waals surface area contributed by atoms with Crippen LogP contribution < -0.4 is 5.32 Å². The van der Waals surface area contributed by atoms with Crippen molar-refractivity contribution in [3.63, 3.8) is 0 Å². The zero-order valence-electron chi connectivity index (χ0n) is 17.3. The van der Waals surface area contributed by atoms with E-state index in [4.69, 9.17) is 4.74 Å². The van der Waals surface area contributed by atoms with Gasteiger partial charge in [-0.25, -0.2) is 4.79 Å². The Bertz CT molecular complexity index is 683. The van der Waals surface area contributed by atoms with Gasteiger partial charge in [-0.3, -0.25) is 9.69 Å². The molecule has 0 aromatic heterocycles. The van der Waals surface area contributed by atoms with Crippen LogP contribution in [0.3, 0.4) is 0 Å². The number of benzene rings is 1. The number of rotatable bonds is 5. The third-order valence-electron chi connectivity index (χ3n) is 5.82. The average molecular weight is 388 g/mol. The lowest BCUT2D eigenvalue weighted by Gasteiger charge is -2.38. The maximum Gasteiger partial charge on any atom is 0.409 e. The van der Waals surface area contributed by atoms with Gasteiger partial charge >= 0.3 is 6.09 Å². The second kappa shape index (κ2) is 9.41. The molecule has 0 saturated carbocycles. The first-order chi connectivity index (χ1) is 13.5. The normalized spacial score (nSPS) is 19.2. The third kappa shape index (κ3) is 4.85. The number of piperidine rings is 1. The Morgan fingerprint density at radius 2 is 1.82 bits per heavy atom. The lowest BCUT2D eigenvalue weighted by Crippen LogP contribution is -2.55. The van der Waals surface area contributed by atoms with Gasteiger partial charge in [-0.1, -0.05) is 38.1 Å². The van der Waals surface area contributed by atoms with Gasteiger partial charge in [0.2, 0.25) is 5.91 Å². The molecule has 0 spiro atoms. The Labute approximate surface area is 168 Å². The van der Waals surface area contributed by atoms with E-state index in [-0.39, 0.29) is 30.0 Å². The fourth-order valence-electron chi connectivity index (χ4n) is 4.35. The largest absolute Gasteiger partial charge is 0.450 e. The summed E-state index contributed by atoms with van der Waals surface area (Å²) in [5, 5.41) is 3.25. The quantitative estimate of drug-likeness (QED) is 0.844. The Kier molecular flexibility index (Phi) is 6.94. The highest BCUT2D eigenvalue weighted by molar-refractivity contribution is 5.82. The minimum absolute atomic E-state index is 0.115. The molecule has 2 aliphatic rings. The van der Waals surface area contributed by atoms with Crippen molar-refractivity contribution in [1.82, 2.24) is 15.1 Å². The van der Waals surface area contributed by atoms with E-state index in [0.29, 0.717) is 19.7 Å². The molecule has 0 aliphatic carbocycles. The molecule has 1 N–H and O–H groups in total. The number of hydrogen-bond acceptors (Lipinski definition) is 4. The van der Waals surface area contributed by atoms with E-state index in [9.17, 15) is 9.59 Å². The van der Waals surface area contributed by atoms with Crippen molar-refractivity contribution in [2.45, 2.75) is 58.7 Å². The molecule has 1 atom stereocenters. The second-order valence-electron chi connectivity index (χ2n) is 8.15. The van der Waals surface area contributed by atoms with Crippen LogP contribution in [0.1, 0.15) is 44.7 Å². The molecule has 1 fully saturated rings. The zero-order valence-corrected chi connectivity index (χ0v) is 17.3. The van der Waals surface area contributed by atoms with E-state index >= 15 is 0 Å². The summed E-state index contributed by atoms with van der Waals surface area (Å²) in [5.41, 5.74) is 2.72. The number of nitrogens with zero attached hydrogens (tertiary/aromatic N) is 2. The fraction of sp³-hybridized carbons (Fsp3) is 0.636. The van der Waals surface area contributed by atoms with Gasteiger partial charge in [-0.15, -0.1) is 0 Å². The third-order valence-corrected chi connectivity index (χ3v) is 5.82. The van der Waals surface area contributed by atoms with Crippen LogP contribution in [-0.2, 0) is 22.5 Å². The number of hydrogen-bond donors (Lipinski definition) is 1. The molecule has 1 aromatic rings. The highest BCUT2D eigenvalue weighted by Gasteiger charge is 2.33. The molecule has 6 heteroatoms. The summed E-state index contributed by atoms with van der Waals surface area (Å²) in [6, 6.07) is 8.51. The molecule has 0 bridgehead atoms. The van der Waals surface area contributed by atoms with Crippen molar-refractivity contribution in [2.24, 2.45) is 5.92 Å². The van der Waals surface area contributed by atoms with Crippen LogP contribution >= 0.6 is 0 Å². The summed E-state index contributed by atoms with van der Waals surface area (Å²) >= 11 is 0. The summed E-state index contributed by atoms with van der Waals surface area (Å²) in [6.45, 7) is 9.45. The van der Waals surface area contributed by atoms with Crippen molar-refractivity contribution in [2.75, 3.05) is 26.2 Å². The van der Waals surface area contributed by atoms with Crippen LogP contribution in [0.2, 0.25) is 0 Å². The molecule has 1 aromatic carbocycles. The van der Waals surface area contributed by atoms with E-state index < -0.39 is 0 Å². The van der Waals surface area contributed by atoms with E-state index in [2.05, 4.69) is 48.3 Å². The minimum Gasteiger partial charge on any atom is -0.450 e. The number of fused-ring (bicyclic) bond motifs is 1. The molecule has 3 rings (SSSR count). The van der Waals surface area contributed by atoms with Crippen molar-refractivity contribution in [3.8, 4) is 0 Å². The summed E-state index contributed by atoms with van der Waals surface area (Å²) in [5.74, 6) is 0.355. The zero-order chi connectivity index (χ0) is 20.1. The summed E-state index contributed by atoms with van der Waals surface area (Å²) in [4.78, 5) is 29.0. The topological polar surface area (TPSA) is 61.9 Å². The highest BCUT2D eigenvalue weighted by Crippen LogP contribution is 2.23. The standard InChI is InChI=1S/C22H33N3O3/c1-4-28-22(27)24-13-10-19(11-14-24)23-21(26)20(16(2)3)25-12-9-17-7-5-6-8-18(17)15-25/h5-8,16,19-20H,4,9-15H2,1-3H3,(H,23,26)/t20-/m0/s1. The number of ether oxygens (including phenoxy) is 1. The SMILES string of the molecule is CCOC(=O)N1CCC(NC(=O)[C@H](C(C)C)N2CCc3ccccc3C2)CC1. The number of likely N-dealkylation sites (tertiary alicyclic amines) is 1. The maximum absolute atomic E-state index is 13.1. The predicted octanol–water partition coefficient (Wildman–Crippen LogP) is 2.81. The molecule has 2 aliphatic heterocycles. The van der Waals surface area contributed by atoms with E-state index in [1.165, 1.54) is 11.1 Å². The van der Waals surface area contributed by atoms with E-state index in [0.717, 1.165) is 32.4 Å². The van der Waals surface area contributed by atoms with Crippen molar-refractivity contribution >= 4 is 12.0 Å². The molecular weight excluding hydrogens is 354 g/mol. The highest BCUT2D eigenvalue weighted by atomic mass is 16.6. The van der Waals surface area contributed by atoms with Gasteiger partial charge in [0.05, 0.1) is 12.6 Å². The number of amides is 2. The molecule has 1 saturated heterocycles. The van der Waals surface area contributed by atoms with Crippen LogP contribution in [0.15, 0.2) is 24.3 Å². The van der Waals surface area contributed by atoms with Gasteiger partial charge < -0.3 is 15.0 Å². The first kappa shape index (κ1) is 20.6. The minimum atomic E-state index is -0.251. The van der Waals surface area contributed by atoms with E-state index in [1.54, 1.807) is 4.90 Å². The lowest BCUT2D eigenvalue weighted by atomic mass is 9.94. The monoisotopic (exact) mass is 387 g/mol. The van der Waals surface area contributed by atoms with Gasteiger partial charge in [0, 0.05) is 32.2 Å². The van der Waals surface area contributed by atoms with Crippen LogP contribution in [0, 0.1) is 5.92 Å². The van der Waals surface area contributed by atoms with Gasteiger partial charge in [-0.2, -0.15) is 0 Å². The van der Waals surface area contributed by atoms with Crippen molar-refractivity contribution in [3.05, 3.63) is 35.4 Å². The molecule has 0 radical (unpaired) electrons. The second-order valence-corrected chi connectivity index (χ2v) is 8.15. The number of carbonyl (C=O) groups is 2. The fourth-order valence-corrected chi connectivity index (χ4v) is 4.35. The predicted molar refractivity (Wildman–Crippen MR) is 109 cm³/mol. The molecular formula is C22H33N3O3. The van der Waals surface area contributed by atoms with Crippen LogP contribution in [0.4, 0.5) is 4.79 Å². The lowest BCUT2D eigenvalue weighted by molar-refractivity contribution is -0.129. The summed E-state index contributed by atoms with van der Waals surface area (Å²) in [6.07, 6.45) is 2.29. The van der Waals surface area contributed by atoms with Crippen LogP contribution in [0.25, 0.3) is 0 Å². The van der Waals surface area contributed by atoms with Gasteiger partial charge in [0.15, 0.2) is 0 Å². The molecule has 28 heavy (non-hydrogen) atoms. The summed E-state index contributed by atoms with van der Waals surface area (Å²) in [7, 11) is 0.